The highest BCUT2D eigenvalue weighted by Crippen LogP contribution is 2.19. The van der Waals surface area contributed by atoms with E-state index in [-0.39, 0.29) is 17.5 Å². The van der Waals surface area contributed by atoms with Crippen LogP contribution < -0.4 is 4.90 Å². The molecule has 1 saturated heterocycles. The molecule has 0 aliphatic carbocycles. The Morgan fingerprint density at radius 1 is 0.926 bits per heavy atom. The van der Waals surface area contributed by atoms with E-state index in [1.165, 1.54) is 4.90 Å². The number of hydrogen-bond donors (Lipinski definition) is 1. The van der Waals surface area contributed by atoms with Crippen molar-refractivity contribution in [3.63, 3.8) is 0 Å². The minimum Gasteiger partial charge on any atom is -0.370 e. The van der Waals surface area contributed by atoms with Gasteiger partial charge in [0.2, 0.25) is 0 Å². The molecule has 0 aromatic heterocycles. The van der Waals surface area contributed by atoms with E-state index < -0.39 is 0 Å². The lowest BCUT2D eigenvalue weighted by Crippen LogP contribution is -3.14. The summed E-state index contributed by atoms with van der Waals surface area (Å²) in [6.07, 6.45) is 0.381. The van der Waals surface area contributed by atoms with Crippen LogP contribution in [-0.2, 0) is 4.74 Å². The maximum absolute atomic E-state index is 13.1. The standard InChI is InChI=1S/C23H25NO3/c1-18(22(25)19-8-4-2-5-9-19)16-21(17-24-12-14-27-15-13-24)23(26)20-10-6-3-7-11-20/h2-11,21H,1,12-17H2/p+1/t21-/m1/s1. The van der Waals surface area contributed by atoms with Crippen molar-refractivity contribution in [3.8, 4) is 0 Å². The summed E-state index contributed by atoms with van der Waals surface area (Å²) in [6.45, 7) is 7.90. The summed E-state index contributed by atoms with van der Waals surface area (Å²) in [5.41, 5.74) is 1.80. The van der Waals surface area contributed by atoms with Crippen molar-refractivity contribution in [1.29, 1.82) is 0 Å². The summed E-state index contributed by atoms with van der Waals surface area (Å²) in [5.74, 6) is -0.268. The van der Waals surface area contributed by atoms with Gasteiger partial charge in [0.05, 0.1) is 25.7 Å². The quantitative estimate of drug-likeness (QED) is 0.577. The first kappa shape index (κ1) is 19.2. The van der Waals surface area contributed by atoms with Gasteiger partial charge in [-0.15, -0.1) is 0 Å². The average Bonchev–Trinajstić information content (AvgIpc) is 2.74. The van der Waals surface area contributed by atoms with Crippen molar-refractivity contribution < 1.29 is 19.2 Å². The second-order valence-electron chi connectivity index (χ2n) is 7.00. The third kappa shape index (κ3) is 5.22. The highest BCUT2D eigenvalue weighted by molar-refractivity contribution is 6.09. The Kier molecular flexibility index (Phi) is 6.69. The SMILES string of the molecule is C=C(C[C@H](C[NH+]1CCOCC1)C(=O)c1ccccc1)C(=O)c1ccccc1. The van der Waals surface area contributed by atoms with Crippen LogP contribution in [0.1, 0.15) is 27.1 Å². The fourth-order valence-electron chi connectivity index (χ4n) is 3.49. The maximum Gasteiger partial charge on any atom is 0.188 e. The molecule has 1 fully saturated rings. The number of morpholine rings is 1. The van der Waals surface area contributed by atoms with Crippen LogP contribution in [0.25, 0.3) is 0 Å². The van der Waals surface area contributed by atoms with Gasteiger partial charge in [-0.05, 0) is 12.0 Å². The third-order valence-corrected chi connectivity index (χ3v) is 5.01. The number of hydrogen-bond acceptors (Lipinski definition) is 3. The van der Waals surface area contributed by atoms with Gasteiger partial charge in [0.15, 0.2) is 11.6 Å². The maximum atomic E-state index is 13.1. The van der Waals surface area contributed by atoms with Crippen LogP contribution in [-0.4, -0.2) is 44.4 Å². The molecule has 4 heteroatoms. The Hall–Kier alpha value is -2.56. The lowest BCUT2D eigenvalue weighted by molar-refractivity contribution is -0.910. The van der Waals surface area contributed by atoms with Gasteiger partial charge >= 0.3 is 0 Å². The molecule has 27 heavy (non-hydrogen) atoms. The fraction of sp³-hybridized carbons (Fsp3) is 0.304. The molecule has 1 N–H and O–H groups in total. The lowest BCUT2D eigenvalue weighted by Gasteiger charge is -2.27. The van der Waals surface area contributed by atoms with Crippen LogP contribution >= 0.6 is 0 Å². The van der Waals surface area contributed by atoms with Gasteiger partial charge in [-0.1, -0.05) is 67.2 Å². The van der Waals surface area contributed by atoms with E-state index in [2.05, 4.69) is 6.58 Å². The van der Waals surface area contributed by atoms with E-state index in [0.29, 0.717) is 42.9 Å². The number of ketones is 2. The Morgan fingerprint density at radius 3 is 2.07 bits per heavy atom. The van der Waals surface area contributed by atoms with Crippen LogP contribution in [0.3, 0.4) is 0 Å². The molecule has 2 aromatic carbocycles. The number of quaternary nitrogens is 1. The summed E-state index contributed by atoms with van der Waals surface area (Å²) < 4.78 is 5.43. The second kappa shape index (κ2) is 9.40. The van der Waals surface area contributed by atoms with E-state index in [9.17, 15) is 9.59 Å². The smallest absolute Gasteiger partial charge is 0.188 e. The first-order chi connectivity index (χ1) is 13.1. The van der Waals surface area contributed by atoms with Crippen LogP contribution in [0.5, 0.6) is 0 Å². The van der Waals surface area contributed by atoms with Gasteiger partial charge in [0.25, 0.3) is 0 Å². The second-order valence-corrected chi connectivity index (χ2v) is 7.00. The third-order valence-electron chi connectivity index (χ3n) is 5.01. The monoisotopic (exact) mass is 364 g/mol. The molecule has 0 spiro atoms. The zero-order valence-electron chi connectivity index (χ0n) is 15.5. The molecule has 0 amide bonds. The van der Waals surface area contributed by atoms with Crippen molar-refractivity contribution >= 4 is 11.6 Å². The number of carbonyl (C=O) groups is 2. The zero-order valence-corrected chi connectivity index (χ0v) is 15.5. The van der Waals surface area contributed by atoms with Gasteiger partial charge in [-0.3, -0.25) is 9.59 Å². The molecule has 1 aliphatic heterocycles. The van der Waals surface area contributed by atoms with E-state index in [1.807, 2.05) is 48.5 Å². The van der Waals surface area contributed by atoms with Gasteiger partial charge in [0, 0.05) is 11.1 Å². The van der Waals surface area contributed by atoms with Crippen molar-refractivity contribution in [1.82, 2.24) is 0 Å². The number of benzene rings is 2. The van der Waals surface area contributed by atoms with Crippen molar-refractivity contribution in [2.45, 2.75) is 6.42 Å². The number of allylic oxidation sites excluding steroid dienone is 1. The summed E-state index contributed by atoms with van der Waals surface area (Å²) in [6, 6.07) is 18.4. The topological polar surface area (TPSA) is 47.8 Å². The molecular weight excluding hydrogens is 338 g/mol. The van der Waals surface area contributed by atoms with Crippen LogP contribution in [0.2, 0.25) is 0 Å². The van der Waals surface area contributed by atoms with Crippen LogP contribution in [0.4, 0.5) is 0 Å². The minimum atomic E-state index is -0.263. The number of Topliss-reactive ketones (excluding diaryl/α,β-unsaturated/α-hetero) is 2. The van der Waals surface area contributed by atoms with E-state index in [0.717, 1.165) is 13.1 Å². The number of rotatable bonds is 8. The highest BCUT2D eigenvalue weighted by Gasteiger charge is 2.28. The van der Waals surface area contributed by atoms with Crippen molar-refractivity contribution in [3.05, 3.63) is 83.9 Å². The van der Waals surface area contributed by atoms with E-state index in [1.54, 1.807) is 12.1 Å². The Labute approximate surface area is 160 Å². The molecule has 0 unspecified atom stereocenters. The molecular formula is C23H26NO3+. The predicted molar refractivity (Wildman–Crippen MR) is 105 cm³/mol. The fourth-order valence-corrected chi connectivity index (χ4v) is 3.49. The Balaban J connectivity index is 1.75. The first-order valence-corrected chi connectivity index (χ1v) is 9.43. The molecule has 4 nitrogen and oxygen atoms in total. The number of ether oxygens (including phenoxy) is 1. The highest BCUT2D eigenvalue weighted by atomic mass is 16.5. The first-order valence-electron chi connectivity index (χ1n) is 9.43. The van der Waals surface area contributed by atoms with Gasteiger partial charge in [0.1, 0.15) is 13.1 Å². The number of carbonyl (C=O) groups excluding carboxylic acids is 2. The normalized spacial score (nSPS) is 15.9. The molecule has 3 rings (SSSR count). The molecule has 0 bridgehead atoms. The molecule has 0 saturated carbocycles. The van der Waals surface area contributed by atoms with Gasteiger partial charge in [-0.2, -0.15) is 0 Å². The van der Waals surface area contributed by atoms with Gasteiger partial charge < -0.3 is 9.64 Å². The molecule has 1 heterocycles. The predicted octanol–water partition coefficient (Wildman–Crippen LogP) is 2.23. The summed E-state index contributed by atoms with van der Waals surface area (Å²) >= 11 is 0. The molecule has 140 valence electrons. The largest absolute Gasteiger partial charge is 0.370 e. The molecule has 0 radical (unpaired) electrons. The average molecular weight is 364 g/mol. The van der Waals surface area contributed by atoms with Crippen LogP contribution in [0.15, 0.2) is 72.8 Å². The van der Waals surface area contributed by atoms with E-state index in [4.69, 9.17) is 4.74 Å². The van der Waals surface area contributed by atoms with E-state index >= 15 is 0 Å². The summed E-state index contributed by atoms with van der Waals surface area (Å²) in [4.78, 5) is 27.2. The molecule has 2 aromatic rings. The minimum absolute atomic E-state index is 0.0802. The Morgan fingerprint density at radius 2 is 1.48 bits per heavy atom. The van der Waals surface area contributed by atoms with Crippen LogP contribution in [0, 0.1) is 5.92 Å². The molecule has 1 aliphatic rings. The van der Waals surface area contributed by atoms with Crippen molar-refractivity contribution in [2.75, 3.05) is 32.8 Å². The molecule has 1 atom stereocenters. The lowest BCUT2D eigenvalue weighted by atomic mass is 9.88. The number of nitrogens with one attached hydrogen (secondary N) is 1. The summed E-state index contributed by atoms with van der Waals surface area (Å²) in [5, 5.41) is 0. The Bertz CT molecular complexity index is 780. The zero-order chi connectivity index (χ0) is 19.1. The van der Waals surface area contributed by atoms with Crippen molar-refractivity contribution in [2.24, 2.45) is 5.92 Å². The van der Waals surface area contributed by atoms with Gasteiger partial charge in [-0.25, -0.2) is 0 Å². The summed E-state index contributed by atoms with van der Waals surface area (Å²) in [7, 11) is 0.